The molecule has 0 saturated carbocycles. The number of unbranched alkanes of at least 4 members (excludes halogenated alkanes) is 2. The molecule has 0 unspecified atom stereocenters. The molecule has 1 N–H and O–H groups in total. The van der Waals surface area contributed by atoms with Crippen LogP contribution in [0.2, 0.25) is 0 Å². The number of likely N-dealkylation sites (tertiary alicyclic amines) is 1. The summed E-state index contributed by atoms with van der Waals surface area (Å²) in [6.07, 6.45) is 11.3. The molecular weight excluding hydrogens is 382 g/mol. The van der Waals surface area contributed by atoms with Gasteiger partial charge in [-0.2, -0.15) is 5.21 Å². The average Bonchev–Trinajstić information content (AvgIpc) is 3.27. The van der Waals surface area contributed by atoms with Gasteiger partial charge in [-0.25, -0.2) is 0 Å². The number of aryl methyl sites for hydroxylation is 1. The minimum atomic E-state index is 0.827. The third-order valence-corrected chi connectivity index (χ3v) is 6.48. The second-order valence-electron chi connectivity index (χ2n) is 8.47. The van der Waals surface area contributed by atoms with Crippen LogP contribution in [0.3, 0.4) is 0 Å². The van der Waals surface area contributed by atoms with Gasteiger partial charge in [0.05, 0.1) is 0 Å². The molecule has 5 rings (SSSR count). The molecule has 3 aromatic rings. The molecule has 1 aromatic heterocycles. The van der Waals surface area contributed by atoms with Crippen LogP contribution in [0.15, 0.2) is 54.1 Å². The van der Waals surface area contributed by atoms with E-state index in [0.29, 0.717) is 0 Å². The first kappa shape index (κ1) is 19.9. The summed E-state index contributed by atoms with van der Waals surface area (Å²) < 4.78 is 0. The quantitative estimate of drug-likeness (QED) is 0.454. The first-order chi connectivity index (χ1) is 15.4. The Labute approximate surface area is 183 Å². The molecule has 1 saturated heterocycles. The highest BCUT2D eigenvalue weighted by atomic mass is 15.5. The standard InChI is InChI=1S/C26H29N5/c1(2-12-25-27-29-30-28-25)7-17-31-18-15-22(16-19-31)26-23-10-5-3-8-20(23)13-14-21-9-4-6-11-24(21)26/h3-6,8-11,13-14H,1-2,7,12,15-19H2,(H,27,28,29,30). The number of rotatable bonds is 6. The van der Waals surface area contributed by atoms with Crippen molar-refractivity contribution in [1.82, 2.24) is 25.5 Å². The lowest BCUT2D eigenvalue weighted by Gasteiger charge is -2.30. The van der Waals surface area contributed by atoms with E-state index in [4.69, 9.17) is 0 Å². The van der Waals surface area contributed by atoms with Crippen LogP contribution in [0.5, 0.6) is 0 Å². The maximum Gasteiger partial charge on any atom is 0.174 e. The lowest BCUT2D eigenvalue weighted by molar-refractivity contribution is 0.251. The highest BCUT2D eigenvalue weighted by Gasteiger charge is 2.22. The Morgan fingerprint density at radius 3 is 2.13 bits per heavy atom. The predicted molar refractivity (Wildman–Crippen MR) is 125 cm³/mol. The van der Waals surface area contributed by atoms with Crippen molar-refractivity contribution in [2.75, 3.05) is 19.6 Å². The minimum absolute atomic E-state index is 0.827. The topological polar surface area (TPSA) is 57.7 Å². The second kappa shape index (κ2) is 9.40. The Balaban J connectivity index is 1.25. The molecule has 5 nitrogen and oxygen atoms in total. The van der Waals surface area contributed by atoms with Gasteiger partial charge in [-0.3, -0.25) is 0 Å². The smallest absolute Gasteiger partial charge is 0.174 e. The molecule has 2 aliphatic rings. The van der Waals surface area contributed by atoms with Crippen molar-refractivity contribution in [3.63, 3.8) is 0 Å². The number of aromatic nitrogens is 4. The Morgan fingerprint density at radius 2 is 1.48 bits per heavy atom. The van der Waals surface area contributed by atoms with Crippen molar-refractivity contribution in [2.45, 2.75) is 38.5 Å². The molecule has 31 heavy (non-hydrogen) atoms. The zero-order chi connectivity index (χ0) is 20.9. The molecule has 0 atom stereocenters. The van der Waals surface area contributed by atoms with Crippen LogP contribution in [0, 0.1) is 0 Å². The van der Waals surface area contributed by atoms with Crippen LogP contribution in [0.25, 0.3) is 17.7 Å². The van der Waals surface area contributed by atoms with Crippen molar-refractivity contribution in [1.29, 1.82) is 0 Å². The summed E-state index contributed by atoms with van der Waals surface area (Å²) in [6, 6.07) is 17.7. The highest BCUT2D eigenvalue weighted by molar-refractivity contribution is 5.94. The minimum Gasteiger partial charge on any atom is -0.303 e. The molecule has 2 aromatic carbocycles. The van der Waals surface area contributed by atoms with E-state index < -0.39 is 0 Å². The third-order valence-electron chi connectivity index (χ3n) is 6.48. The maximum atomic E-state index is 4.03. The Kier molecular flexibility index (Phi) is 6.03. The van der Waals surface area contributed by atoms with Gasteiger partial charge >= 0.3 is 0 Å². The van der Waals surface area contributed by atoms with Gasteiger partial charge in [0.15, 0.2) is 5.82 Å². The SMILES string of the molecule is C1=Cc2ccccc2C(=C2CCN(CCCCCc3nn[nH]n3)CC2)c2ccccc21. The normalized spacial score (nSPS) is 16.1. The number of nitrogens with one attached hydrogen (secondary N) is 1. The number of hydrogen-bond acceptors (Lipinski definition) is 4. The number of hydrogen-bond donors (Lipinski definition) is 1. The van der Waals surface area contributed by atoms with E-state index in [1.807, 2.05) is 0 Å². The maximum absolute atomic E-state index is 4.03. The number of benzene rings is 2. The summed E-state index contributed by atoms with van der Waals surface area (Å²) in [6.45, 7) is 3.49. The van der Waals surface area contributed by atoms with Gasteiger partial charge in [0.1, 0.15) is 0 Å². The van der Waals surface area contributed by atoms with Crippen molar-refractivity contribution >= 4 is 17.7 Å². The average molecular weight is 412 g/mol. The molecule has 2 heterocycles. The van der Waals surface area contributed by atoms with Crippen LogP contribution in [-0.2, 0) is 6.42 Å². The number of H-pyrrole nitrogens is 1. The van der Waals surface area contributed by atoms with Crippen LogP contribution in [0.4, 0.5) is 0 Å². The van der Waals surface area contributed by atoms with Crippen molar-refractivity contribution in [3.8, 4) is 0 Å². The molecule has 158 valence electrons. The number of piperidine rings is 1. The summed E-state index contributed by atoms with van der Waals surface area (Å²) in [5, 5.41) is 14.2. The van der Waals surface area contributed by atoms with Gasteiger partial charge in [-0.1, -0.05) is 77.9 Å². The number of tetrazole rings is 1. The zero-order valence-corrected chi connectivity index (χ0v) is 17.9. The molecule has 0 radical (unpaired) electrons. The third kappa shape index (κ3) is 4.52. The highest BCUT2D eigenvalue weighted by Crippen LogP contribution is 2.38. The number of aromatic amines is 1. The lowest BCUT2D eigenvalue weighted by atomic mass is 9.86. The van der Waals surface area contributed by atoms with Crippen molar-refractivity contribution < 1.29 is 0 Å². The fraction of sp³-hybridized carbons (Fsp3) is 0.346. The number of nitrogens with zero attached hydrogens (tertiary/aromatic N) is 4. The van der Waals surface area contributed by atoms with Gasteiger partial charge < -0.3 is 4.90 Å². The first-order valence-electron chi connectivity index (χ1n) is 11.4. The molecule has 0 bridgehead atoms. The van der Waals surface area contributed by atoms with Gasteiger partial charge in [0, 0.05) is 19.5 Å². The lowest BCUT2D eigenvalue weighted by Crippen LogP contribution is -2.32. The van der Waals surface area contributed by atoms with Crippen LogP contribution in [-0.4, -0.2) is 45.2 Å². The van der Waals surface area contributed by atoms with E-state index in [2.05, 4.69) is 86.2 Å². The van der Waals surface area contributed by atoms with E-state index in [-0.39, 0.29) is 0 Å². The van der Waals surface area contributed by atoms with Gasteiger partial charge in [0.25, 0.3) is 0 Å². The summed E-state index contributed by atoms with van der Waals surface area (Å²) in [5.74, 6) is 0.827. The molecule has 1 fully saturated rings. The van der Waals surface area contributed by atoms with E-state index >= 15 is 0 Å². The fourth-order valence-electron chi connectivity index (χ4n) is 4.83. The van der Waals surface area contributed by atoms with Gasteiger partial charge in [-0.15, -0.1) is 10.2 Å². The Bertz CT molecular complexity index is 1020. The van der Waals surface area contributed by atoms with E-state index in [9.17, 15) is 0 Å². The van der Waals surface area contributed by atoms with Gasteiger partial charge in [0.2, 0.25) is 0 Å². The van der Waals surface area contributed by atoms with E-state index in [1.165, 1.54) is 47.2 Å². The fourth-order valence-corrected chi connectivity index (χ4v) is 4.83. The summed E-state index contributed by atoms with van der Waals surface area (Å²) in [7, 11) is 0. The second-order valence-corrected chi connectivity index (χ2v) is 8.47. The van der Waals surface area contributed by atoms with Crippen LogP contribution in [0.1, 0.15) is 60.2 Å². The molecule has 0 amide bonds. The number of fused-ring (bicyclic) bond motifs is 2. The molecular formula is C26H29N5. The van der Waals surface area contributed by atoms with E-state index in [1.54, 1.807) is 5.57 Å². The summed E-state index contributed by atoms with van der Waals surface area (Å²) in [4.78, 5) is 2.63. The monoisotopic (exact) mass is 411 g/mol. The Morgan fingerprint density at radius 1 is 0.806 bits per heavy atom. The molecule has 5 heteroatoms. The summed E-state index contributed by atoms with van der Waals surface area (Å²) >= 11 is 0. The molecule has 1 aliphatic heterocycles. The largest absolute Gasteiger partial charge is 0.303 e. The van der Waals surface area contributed by atoms with Crippen LogP contribution < -0.4 is 0 Å². The summed E-state index contributed by atoms with van der Waals surface area (Å²) in [5.41, 5.74) is 8.49. The van der Waals surface area contributed by atoms with Crippen molar-refractivity contribution in [2.24, 2.45) is 0 Å². The predicted octanol–water partition coefficient (Wildman–Crippen LogP) is 4.99. The van der Waals surface area contributed by atoms with Gasteiger partial charge in [-0.05, 0) is 60.1 Å². The molecule has 1 aliphatic carbocycles. The first-order valence-corrected chi connectivity index (χ1v) is 11.4. The Hall–Kier alpha value is -3.05. The molecule has 0 spiro atoms. The van der Waals surface area contributed by atoms with Crippen molar-refractivity contribution in [3.05, 3.63) is 82.2 Å². The van der Waals surface area contributed by atoms with Crippen LogP contribution >= 0.6 is 0 Å². The zero-order valence-electron chi connectivity index (χ0n) is 17.9. The van der Waals surface area contributed by atoms with E-state index in [0.717, 1.165) is 44.6 Å².